The lowest BCUT2D eigenvalue weighted by Gasteiger charge is -2.10. The predicted molar refractivity (Wildman–Crippen MR) is 99.5 cm³/mol. The van der Waals surface area contributed by atoms with Crippen LogP contribution in [0.3, 0.4) is 0 Å². The highest BCUT2D eigenvalue weighted by molar-refractivity contribution is 5.76. The Labute approximate surface area is 149 Å². The van der Waals surface area contributed by atoms with Gasteiger partial charge in [-0.1, -0.05) is 44.2 Å². The van der Waals surface area contributed by atoms with Gasteiger partial charge in [0, 0.05) is 19.6 Å². The van der Waals surface area contributed by atoms with Crippen LogP contribution in [-0.4, -0.2) is 12.5 Å². The Morgan fingerprint density at radius 3 is 2.64 bits per heavy atom. The van der Waals surface area contributed by atoms with E-state index in [0.717, 1.165) is 24.4 Å². The first-order valence-corrected chi connectivity index (χ1v) is 8.92. The molecule has 2 N–H and O–H groups in total. The molecule has 0 saturated heterocycles. The topological polar surface area (TPSA) is 50.4 Å². The van der Waals surface area contributed by atoms with Crippen LogP contribution in [-0.2, 0) is 24.4 Å². The van der Waals surface area contributed by atoms with Crippen LogP contribution < -0.4 is 15.4 Å². The van der Waals surface area contributed by atoms with Crippen molar-refractivity contribution in [3.63, 3.8) is 0 Å². The molecule has 0 saturated carbocycles. The monoisotopic (exact) mass is 338 g/mol. The second-order valence-electron chi connectivity index (χ2n) is 6.81. The maximum Gasteiger partial charge on any atom is 0.223 e. The highest BCUT2D eigenvalue weighted by Crippen LogP contribution is 2.19. The van der Waals surface area contributed by atoms with Crippen LogP contribution in [0.2, 0.25) is 0 Å². The average molecular weight is 338 g/mol. The Kier molecular flexibility index (Phi) is 5.71. The molecular weight excluding hydrogens is 312 g/mol. The van der Waals surface area contributed by atoms with Gasteiger partial charge < -0.3 is 15.4 Å². The summed E-state index contributed by atoms with van der Waals surface area (Å²) < 4.78 is 5.65. The number of hydrogen-bond acceptors (Lipinski definition) is 3. The van der Waals surface area contributed by atoms with Gasteiger partial charge in [0.05, 0.1) is 13.0 Å². The first kappa shape index (κ1) is 17.5. The maximum absolute atomic E-state index is 12.0. The van der Waals surface area contributed by atoms with Crippen LogP contribution in [0.4, 0.5) is 0 Å². The van der Waals surface area contributed by atoms with Crippen molar-refractivity contribution in [2.75, 3.05) is 6.61 Å². The van der Waals surface area contributed by atoms with Crippen molar-refractivity contribution >= 4 is 5.91 Å². The Bertz CT molecular complexity index is 723. The first-order chi connectivity index (χ1) is 12.1. The van der Waals surface area contributed by atoms with Gasteiger partial charge in [-0.15, -0.1) is 0 Å². The Hall–Kier alpha value is -2.33. The molecule has 1 aliphatic heterocycles. The molecule has 2 aromatic carbocycles. The molecule has 1 heterocycles. The van der Waals surface area contributed by atoms with E-state index in [-0.39, 0.29) is 5.91 Å². The summed E-state index contributed by atoms with van der Waals surface area (Å²) in [5.41, 5.74) is 5.11. The van der Waals surface area contributed by atoms with E-state index in [2.05, 4.69) is 54.8 Å². The van der Waals surface area contributed by atoms with Gasteiger partial charge in [-0.3, -0.25) is 4.79 Å². The Morgan fingerprint density at radius 2 is 1.88 bits per heavy atom. The average Bonchev–Trinajstić information content (AvgIpc) is 3.08. The molecule has 0 fully saturated rings. The summed E-state index contributed by atoms with van der Waals surface area (Å²) >= 11 is 0. The summed E-state index contributed by atoms with van der Waals surface area (Å²) in [5, 5.41) is 6.29. The minimum absolute atomic E-state index is 0.0115. The molecule has 0 atom stereocenters. The molecule has 0 spiro atoms. The first-order valence-electron chi connectivity index (χ1n) is 8.92. The van der Waals surface area contributed by atoms with Gasteiger partial charge in [0.1, 0.15) is 5.75 Å². The van der Waals surface area contributed by atoms with E-state index in [9.17, 15) is 4.79 Å². The van der Waals surface area contributed by atoms with Crippen LogP contribution in [0, 0.1) is 0 Å². The number of hydrogen-bond donors (Lipinski definition) is 2. The molecule has 1 aliphatic rings. The molecule has 3 rings (SSSR count). The zero-order chi connectivity index (χ0) is 17.6. The van der Waals surface area contributed by atoms with Crippen molar-refractivity contribution in [1.82, 2.24) is 10.6 Å². The molecule has 4 nitrogen and oxygen atoms in total. The Balaban J connectivity index is 1.39. The van der Waals surface area contributed by atoms with Gasteiger partial charge in [-0.05, 0) is 40.3 Å². The van der Waals surface area contributed by atoms with E-state index in [1.807, 2.05) is 12.1 Å². The number of carbonyl (C=O) groups excluding carboxylic acids is 1. The summed E-state index contributed by atoms with van der Waals surface area (Å²) in [6.45, 7) is 7.14. The van der Waals surface area contributed by atoms with Crippen molar-refractivity contribution in [3.8, 4) is 5.75 Å². The van der Waals surface area contributed by atoms with E-state index in [1.54, 1.807) is 0 Å². The molecule has 0 radical (unpaired) electrons. The highest BCUT2D eigenvalue weighted by Gasteiger charge is 2.10. The number of amides is 1. The van der Waals surface area contributed by atoms with Crippen molar-refractivity contribution in [3.05, 3.63) is 64.7 Å². The van der Waals surface area contributed by atoms with E-state index in [4.69, 9.17) is 4.74 Å². The largest absolute Gasteiger partial charge is 0.493 e. The van der Waals surface area contributed by atoms with Crippen molar-refractivity contribution in [2.45, 2.75) is 45.8 Å². The predicted octanol–water partition coefficient (Wildman–Crippen LogP) is 3.50. The molecule has 2 aromatic rings. The molecule has 0 unspecified atom stereocenters. The molecule has 25 heavy (non-hydrogen) atoms. The zero-order valence-electron chi connectivity index (χ0n) is 15.0. The van der Waals surface area contributed by atoms with Crippen LogP contribution in [0.25, 0.3) is 0 Å². The molecule has 4 heteroatoms. The molecular formula is C21H26N2O2. The smallest absolute Gasteiger partial charge is 0.223 e. The summed E-state index contributed by atoms with van der Waals surface area (Å²) in [4.78, 5) is 12.0. The van der Waals surface area contributed by atoms with E-state index >= 15 is 0 Å². The quantitative estimate of drug-likeness (QED) is 0.812. The third kappa shape index (κ3) is 4.83. The number of fused-ring (bicyclic) bond motifs is 1. The van der Waals surface area contributed by atoms with Crippen LogP contribution >= 0.6 is 0 Å². The molecule has 0 bridgehead atoms. The lowest BCUT2D eigenvalue weighted by atomic mass is 10.0. The van der Waals surface area contributed by atoms with Crippen molar-refractivity contribution in [2.24, 2.45) is 0 Å². The van der Waals surface area contributed by atoms with Crippen LogP contribution in [0.5, 0.6) is 5.75 Å². The second-order valence-corrected chi connectivity index (χ2v) is 6.81. The lowest BCUT2D eigenvalue weighted by molar-refractivity contribution is -0.121. The molecule has 0 aromatic heterocycles. The fourth-order valence-corrected chi connectivity index (χ4v) is 2.96. The number of carbonyl (C=O) groups is 1. The fourth-order valence-electron chi connectivity index (χ4n) is 2.96. The van der Waals surface area contributed by atoms with E-state index in [1.165, 1.54) is 16.7 Å². The van der Waals surface area contributed by atoms with Gasteiger partial charge in [-0.2, -0.15) is 0 Å². The standard InChI is InChI=1S/C21H26N2O2/c1-15(2)17-5-7-20(8-6-17)25-10-9-21(24)23-12-16-3-4-18-13-22-14-19(18)11-16/h3-8,11,15,22H,9-10,12-14H2,1-2H3,(H,23,24). The van der Waals surface area contributed by atoms with E-state index < -0.39 is 0 Å². The van der Waals surface area contributed by atoms with Crippen molar-refractivity contribution < 1.29 is 9.53 Å². The summed E-state index contributed by atoms with van der Waals surface area (Å²) in [7, 11) is 0. The summed E-state index contributed by atoms with van der Waals surface area (Å²) in [6.07, 6.45) is 0.360. The minimum Gasteiger partial charge on any atom is -0.493 e. The SMILES string of the molecule is CC(C)c1ccc(OCCC(=O)NCc2ccc3c(c2)CNC3)cc1. The third-order valence-electron chi connectivity index (χ3n) is 4.54. The number of ether oxygens (including phenoxy) is 1. The normalized spacial score (nSPS) is 12.9. The van der Waals surface area contributed by atoms with Gasteiger partial charge in [0.25, 0.3) is 0 Å². The molecule has 1 amide bonds. The van der Waals surface area contributed by atoms with Crippen LogP contribution in [0.1, 0.15) is 48.4 Å². The minimum atomic E-state index is 0.0115. The highest BCUT2D eigenvalue weighted by atomic mass is 16.5. The zero-order valence-corrected chi connectivity index (χ0v) is 15.0. The van der Waals surface area contributed by atoms with Gasteiger partial charge in [0.15, 0.2) is 0 Å². The number of benzene rings is 2. The Morgan fingerprint density at radius 1 is 1.12 bits per heavy atom. The third-order valence-corrected chi connectivity index (χ3v) is 4.54. The maximum atomic E-state index is 12.0. The van der Waals surface area contributed by atoms with Gasteiger partial charge >= 0.3 is 0 Å². The summed E-state index contributed by atoms with van der Waals surface area (Å²) in [6, 6.07) is 14.5. The number of nitrogens with one attached hydrogen (secondary N) is 2. The van der Waals surface area contributed by atoms with Crippen molar-refractivity contribution in [1.29, 1.82) is 0 Å². The molecule has 0 aliphatic carbocycles. The second kappa shape index (κ2) is 8.17. The number of rotatable bonds is 7. The van der Waals surface area contributed by atoms with Gasteiger partial charge in [0.2, 0.25) is 5.91 Å². The summed E-state index contributed by atoms with van der Waals surface area (Å²) in [5.74, 6) is 1.33. The molecule has 132 valence electrons. The van der Waals surface area contributed by atoms with E-state index in [0.29, 0.717) is 25.5 Å². The fraction of sp³-hybridized carbons (Fsp3) is 0.381. The van der Waals surface area contributed by atoms with Crippen LogP contribution in [0.15, 0.2) is 42.5 Å². The lowest BCUT2D eigenvalue weighted by Crippen LogP contribution is -2.24. The van der Waals surface area contributed by atoms with Gasteiger partial charge in [-0.25, -0.2) is 0 Å².